The molecule has 2 heterocycles. The lowest BCUT2D eigenvalue weighted by atomic mass is 10.1. The Kier molecular flexibility index (Phi) is 4.65. The Bertz CT molecular complexity index is 891. The fourth-order valence-corrected chi connectivity index (χ4v) is 2.27. The maximum absolute atomic E-state index is 13.0. The summed E-state index contributed by atoms with van der Waals surface area (Å²) in [6.07, 6.45) is 6.18. The fourth-order valence-electron chi connectivity index (χ4n) is 2.27. The van der Waals surface area contributed by atoms with Gasteiger partial charge < -0.3 is 5.32 Å². The molecule has 1 N–H and O–H groups in total. The quantitative estimate of drug-likeness (QED) is 0.573. The summed E-state index contributed by atoms with van der Waals surface area (Å²) in [5, 5.41) is 6.83. The van der Waals surface area contributed by atoms with Gasteiger partial charge in [0, 0.05) is 29.7 Å². The van der Waals surface area contributed by atoms with Gasteiger partial charge in [-0.05, 0) is 43.3 Å². The number of carbonyl (C=O) groups excluding carboxylic acids is 2. The number of halogens is 1. The molecule has 0 radical (unpaired) electrons. The van der Waals surface area contributed by atoms with Crippen LogP contribution in [-0.2, 0) is 4.79 Å². The van der Waals surface area contributed by atoms with E-state index < -0.39 is 17.7 Å². The van der Waals surface area contributed by atoms with Gasteiger partial charge in [-0.15, -0.1) is 0 Å². The van der Waals surface area contributed by atoms with E-state index in [-0.39, 0.29) is 11.4 Å². The van der Waals surface area contributed by atoms with Crippen molar-refractivity contribution in [2.24, 2.45) is 0 Å². The predicted octanol–water partition coefficient (Wildman–Crippen LogP) is 2.47. The van der Waals surface area contributed by atoms with Crippen LogP contribution in [0.1, 0.15) is 28.9 Å². The summed E-state index contributed by atoms with van der Waals surface area (Å²) in [6, 6.07) is 8.59. The lowest BCUT2D eigenvalue weighted by molar-refractivity contribution is -0.117. The summed E-state index contributed by atoms with van der Waals surface area (Å²) in [5.41, 5.74) is 1.64. The van der Waals surface area contributed by atoms with Crippen molar-refractivity contribution in [1.29, 1.82) is 0 Å². The highest BCUT2D eigenvalue weighted by molar-refractivity contribution is 6.42. The molecule has 0 unspecified atom stereocenters. The Morgan fingerprint density at radius 3 is 2.60 bits per heavy atom. The first-order valence-corrected chi connectivity index (χ1v) is 7.60. The van der Waals surface area contributed by atoms with Crippen molar-refractivity contribution >= 4 is 11.7 Å². The molecule has 0 aliphatic carbocycles. The number of benzene rings is 1. The third-order valence-electron chi connectivity index (χ3n) is 3.67. The lowest BCUT2D eigenvalue weighted by Gasteiger charge is -2.11. The molecule has 1 aromatic carbocycles. The monoisotopic (exact) mass is 338 g/mol. The van der Waals surface area contributed by atoms with Gasteiger partial charge in [-0.2, -0.15) is 5.10 Å². The SMILES string of the molecule is C[C@@H](NC(=O)C(=O)c1cccnc1)c1cnn(-c2ccc(F)cc2)c1. The topological polar surface area (TPSA) is 76.9 Å². The van der Waals surface area contributed by atoms with Gasteiger partial charge in [-0.3, -0.25) is 14.6 Å². The first-order chi connectivity index (χ1) is 12.0. The first-order valence-electron chi connectivity index (χ1n) is 7.60. The van der Waals surface area contributed by atoms with E-state index in [0.717, 1.165) is 5.56 Å². The van der Waals surface area contributed by atoms with Crippen LogP contribution in [-0.4, -0.2) is 26.5 Å². The van der Waals surface area contributed by atoms with E-state index in [2.05, 4.69) is 15.4 Å². The molecule has 7 heteroatoms. The standard InChI is InChI=1S/C18H15FN4O2/c1-12(22-18(25)17(24)13-3-2-8-20-9-13)14-10-21-23(11-14)16-6-4-15(19)5-7-16/h2-12H,1H3,(H,22,25)/t12-/m1/s1. The number of nitrogens with one attached hydrogen (secondary N) is 1. The van der Waals surface area contributed by atoms with Gasteiger partial charge in [0.15, 0.2) is 0 Å². The minimum absolute atomic E-state index is 0.231. The lowest BCUT2D eigenvalue weighted by Crippen LogP contribution is -2.33. The smallest absolute Gasteiger partial charge is 0.292 e. The van der Waals surface area contributed by atoms with Crippen molar-refractivity contribution in [3.8, 4) is 5.69 Å². The molecule has 2 aromatic heterocycles. The van der Waals surface area contributed by atoms with Crippen molar-refractivity contribution in [3.63, 3.8) is 0 Å². The Labute approximate surface area is 143 Å². The normalized spacial score (nSPS) is 11.8. The molecule has 6 nitrogen and oxygen atoms in total. The summed E-state index contributed by atoms with van der Waals surface area (Å²) in [6.45, 7) is 1.75. The van der Waals surface area contributed by atoms with Crippen LogP contribution in [0.4, 0.5) is 4.39 Å². The molecule has 1 amide bonds. The van der Waals surface area contributed by atoms with Crippen LogP contribution in [0.2, 0.25) is 0 Å². The van der Waals surface area contributed by atoms with Gasteiger partial charge in [0.2, 0.25) is 0 Å². The van der Waals surface area contributed by atoms with Crippen molar-refractivity contribution in [2.45, 2.75) is 13.0 Å². The number of aromatic nitrogens is 3. The molecule has 25 heavy (non-hydrogen) atoms. The van der Waals surface area contributed by atoms with Crippen molar-refractivity contribution in [3.05, 3.63) is 78.1 Å². The van der Waals surface area contributed by atoms with Crippen molar-refractivity contribution in [1.82, 2.24) is 20.1 Å². The van der Waals surface area contributed by atoms with Gasteiger partial charge >= 0.3 is 0 Å². The van der Waals surface area contributed by atoms with E-state index >= 15 is 0 Å². The minimum Gasteiger partial charge on any atom is -0.343 e. The number of hydrogen-bond donors (Lipinski definition) is 1. The first kappa shape index (κ1) is 16.5. The predicted molar refractivity (Wildman–Crippen MR) is 88.6 cm³/mol. The molecule has 0 saturated carbocycles. The zero-order chi connectivity index (χ0) is 17.8. The van der Waals surface area contributed by atoms with Crippen LogP contribution in [0, 0.1) is 5.82 Å². The van der Waals surface area contributed by atoms with E-state index in [9.17, 15) is 14.0 Å². The van der Waals surface area contributed by atoms with Crippen LogP contribution in [0.5, 0.6) is 0 Å². The Balaban J connectivity index is 1.69. The van der Waals surface area contributed by atoms with Gasteiger partial charge in [-0.25, -0.2) is 9.07 Å². The Morgan fingerprint density at radius 1 is 1.16 bits per heavy atom. The van der Waals surface area contributed by atoms with Crippen LogP contribution >= 0.6 is 0 Å². The van der Waals surface area contributed by atoms with Crippen LogP contribution in [0.25, 0.3) is 5.69 Å². The number of hydrogen-bond acceptors (Lipinski definition) is 4. The highest BCUT2D eigenvalue weighted by atomic mass is 19.1. The molecule has 1 atom stereocenters. The van der Waals surface area contributed by atoms with Crippen molar-refractivity contribution in [2.75, 3.05) is 0 Å². The molecule has 0 fully saturated rings. The highest BCUT2D eigenvalue weighted by Crippen LogP contribution is 2.15. The van der Waals surface area contributed by atoms with Gasteiger partial charge in [0.05, 0.1) is 17.9 Å². The number of pyridine rings is 1. The summed E-state index contributed by atoms with van der Waals surface area (Å²) in [7, 11) is 0. The number of amides is 1. The Hall–Kier alpha value is -3.35. The van der Waals surface area contributed by atoms with Gasteiger partial charge in [-0.1, -0.05) is 0 Å². The maximum atomic E-state index is 13.0. The van der Waals surface area contributed by atoms with E-state index in [1.807, 2.05) is 0 Å². The van der Waals surface area contributed by atoms with Gasteiger partial charge in [0.25, 0.3) is 11.7 Å². The Morgan fingerprint density at radius 2 is 1.92 bits per heavy atom. The zero-order valence-corrected chi connectivity index (χ0v) is 13.4. The van der Waals surface area contributed by atoms with E-state index in [0.29, 0.717) is 5.69 Å². The summed E-state index contributed by atoms with van der Waals surface area (Å²) in [5.74, 6) is -1.69. The minimum atomic E-state index is -0.713. The average molecular weight is 338 g/mol. The van der Waals surface area contributed by atoms with Crippen LogP contribution in [0.15, 0.2) is 61.2 Å². The number of nitrogens with zero attached hydrogens (tertiary/aromatic N) is 3. The van der Waals surface area contributed by atoms with E-state index in [4.69, 9.17) is 0 Å². The number of rotatable bonds is 5. The van der Waals surface area contributed by atoms with E-state index in [1.165, 1.54) is 30.6 Å². The molecular formula is C18H15FN4O2. The maximum Gasteiger partial charge on any atom is 0.292 e. The second-order valence-corrected chi connectivity index (χ2v) is 5.46. The summed E-state index contributed by atoms with van der Waals surface area (Å²) >= 11 is 0. The third kappa shape index (κ3) is 3.77. The number of Topliss-reactive ketones (excluding diaryl/α,β-unsaturated/α-hetero) is 1. The van der Waals surface area contributed by atoms with Crippen LogP contribution < -0.4 is 5.32 Å². The molecular weight excluding hydrogens is 323 g/mol. The van der Waals surface area contributed by atoms with Crippen molar-refractivity contribution < 1.29 is 14.0 Å². The number of carbonyl (C=O) groups is 2. The van der Waals surface area contributed by atoms with E-state index in [1.54, 1.807) is 42.2 Å². The molecule has 126 valence electrons. The molecule has 0 aliphatic heterocycles. The van der Waals surface area contributed by atoms with Crippen LogP contribution in [0.3, 0.4) is 0 Å². The molecule has 0 saturated heterocycles. The second kappa shape index (κ2) is 7.04. The molecule has 3 aromatic rings. The fraction of sp³-hybridized carbons (Fsp3) is 0.111. The highest BCUT2D eigenvalue weighted by Gasteiger charge is 2.19. The second-order valence-electron chi connectivity index (χ2n) is 5.46. The summed E-state index contributed by atoms with van der Waals surface area (Å²) in [4.78, 5) is 28.0. The molecule has 0 bridgehead atoms. The summed E-state index contributed by atoms with van der Waals surface area (Å²) < 4.78 is 14.6. The van der Waals surface area contributed by atoms with Gasteiger partial charge in [0.1, 0.15) is 5.82 Å². The third-order valence-corrected chi connectivity index (χ3v) is 3.67. The average Bonchev–Trinajstić information content (AvgIpc) is 3.12. The molecule has 3 rings (SSSR count). The molecule has 0 aliphatic rings. The largest absolute Gasteiger partial charge is 0.343 e. The molecule has 0 spiro atoms. The zero-order valence-electron chi connectivity index (χ0n) is 13.4. The number of ketones is 1.